The highest BCUT2D eigenvalue weighted by Gasteiger charge is 2.31. The Balaban J connectivity index is 0.000000431. The molecule has 1 aliphatic rings. The van der Waals surface area contributed by atoms with Crippen molar-refractivity contribution in [3.8, 4) is 0 Å². The molecule has 0 saturated heterocycles. The summed E-state index contributed by atoms with van der Waals surface area (Å²) in [4.78, 5) is 42.3. The van der Waals surface area contributed by atoms with Crippen LogP contribution in [0.4, 0.5) is 11.4 Å². The van der Waals surface area contributed by atoms with E-state index < -0.39 is 6.04 Å². The second kappa shape index (κ2) is 16.0. The highest BCUT2D eigenvalue weighted by Crippen LogP contribution is 2.31. The Bertz CT molecular complexity index is 1210. The number of hydrogen-bond acceptors (Lipinski definition) is 5. The molecule has 0 bridgehead atoms. The van der Waals surface area contributed by atoms with Crippen molar-refractivity contribution in [2.75, 3.05) is 17.3 Å². The standard InChI is InChI=1S/C18H18ClN3O2.C10H14.2CH2O/c1-22-15-8-3-2-7-14(15)21-18(24)16(22)10-17(23)20-11-12-5-4-6-13(19)9-12;1-7-5-8(2)10(4)9(3)6-7;2*1-2/h2-9,16H,10-11H2,1H3,(H,20,23)(H,21,24);5-6H,1-4H3;2*1H2. The predicted molar refractivity (Wildman–Crippen MR) is 155 cm³/mol. The first kappa shape index (κ1) is 32.1. The van der Waals surface area contributed by atoms with Gasteiger partial charge in [0.15, 0.2) is 0 Å². The number of carbonyl (C=O) groups excluding carboxylic acids is 4. The molecule has 0 aliphatic carbocycles. The van der Waals surface area contributed by atoms with Gasteiger partial charge in [-0.3, -0.25) is 9.59 Å². The molecule has 2 amide bonds. The lowest BCUT2D eigenvalue weighted by Gasteiger charge is -2.34. The Labute approximate surface area is 230 Å². The van der Waals surface area contributed by atoms with Crippen molar-refractivity contribution in [2.45, 2.75) is 46.7 Å². The van der Waals surface area contributed by atoms with Crippen LogP contribution < -0.4 is 15.5 Å². The van der Waals surface area contributed by atoms with Gasteiger partial charge in [0.1, 0.15) is 19.6 Å². The molecule has 1 heterocycles. The number of carbonyl (C=O) groups is 4. The molecular weight excluding hydrogens is 502 g/mol. The number of aryl methyl sites for hydroxylation is 3. The highest BCUT2D eigenvalue weighted by atomic mass is 35.5. The Morgan fingerprint density at radius 3 is 2.16 bits per heavy atom. The number of amides is 2. The van der Waals surface area contributed by atoms with Gasteiger partial charge in [-0.05, 0) is 74.2 Å². The van der Waals surface area contributed by atoms with Gasteiger partial charge in [-0.2, -0.15) is 0 Å². The largest absolute Gasteiger partial charge is 0.361 e. The van der Waals surface area contributed by atoms with Crippen LogP contribution in [0.15, 0.2) is 60.7 Å². The van der Waals surface area contributed by atoms with Gasteiger partial charge in [0.2, 0.25) is 11.8 Å². The monoisotopic (exact) mass is 537 g/mol. The van der Waals surface area contributed by atoms with E-state index in [2.05, 4.69) is 50.5 Å². The van der Waals surface area contributed by atoms with Crippen LogP contribution in [0.3, 0.4) is 0 Å². The van der Waals surface area contributed by atoms with E-state index in [-0.39, 0.29) is 18.2 Å². The number of likely N-dealkylation sites (N-methyl/N-ethyl adjacent to an activating group) is 1. The molecule has 0 saturated carbocycles. The molecule has 1 atom stereocenters. The highest BCUT2D eigenvalue weighted by molar-refractivity contribution is 6.30. The molecule has 3 aromatic carbocycles. The molecule has 0 radical (unpaired) electrons. The van der Waals surface area contributed by atoms with E-state index >= 15 is 0 Å². The topological polar surface area (TPSA) is 95.6 Å². The third kappa shape index (κ3) is 9.16. The summed E-state index contributed by atoms with van der Waals surface area (Å²) in [7, 11) is 1.83. The first-order chi connectivity index (χ1) is 18.2. The van der Waals surface area contributed by atoms with Crippen LogP contribution in [0.1, 0.15) is 34.2 Å². The van der Waals surface area contributed by atoms with E-state index in [1.807, 2.05) is 61.9 Å². The number of halogens is 1. The lowest BCUT2D eigenvalue weighted by atomic mass is 10.0. The van der Waals surface area contributed by atoms with E-state index in [1.165, 1.54) is 22.3 Å². The van der Waals surface area contributed by atoms with E-state index in [9.17, 15) is 9.59 Å². The van der Waals surface area contributed by atoms with Crippen molar-refractivity contribution >= 4 is 48.4 Å². The predicted octanol–water partition coefficient (Wildman–Crippen LogP) is 5.35. The summed E-state index contributed by atoms with van der Waals surface area (Å²) < 4.78 is 0. The SMILES string of the molecule is C=O.C=O.CN1c2ccccc2NC(=O)C1CC(=O)NCc1cccc(Cl)c1.Cc1cc(C)c(C)c(C)c1. The molecule has 8 heteroatoms. The molecule has 1 unspecified atom stereocenters. The molecule has 3 aromatic rings. The van der Waals surface area contributed by atoms with Crippen LogP contribution in [-0.4, -0.2) is 38.5 Å². The maximum absolute atomic E-state index is 12.3. The lowest BCUT2D eigenvalue weighted by Crippen LogP contribution is -2.48. The van der Waals surface area contributed by atoms with Crippen molar-refractivity contribution in [2.24, 2.45) is 0 Å². The van der Waals surface area contributed by atoms with Gasteiger partial charge >= 0.3 is 0 Å². The lowest BCUT2D eigenvalue weighted by molar-refractivity contribution is -0.125. The quantitative estimate of drug-likeness (QED) is 0.467. The number of hydrogen-bond donors (Lipinski definition) is 2. The van der Waals surface area contributed by atoms with Gasteiger partial charge in [0.05, 0.1) is 17.8 Å². The molecule has 7 nitrogen and oxygen atoms in total. The summed E-state index contributed by atoms with van der Waals surface area (Å²) in [6.07, 6.45) is 0.0945. The zero-order valence-corrected chi connectivity index (χ0v) is 23.4. The van der Waals surface area contributed by atoms with E-state index in [0.717, 1.165) is 16.9 Å². The van der Waals surface area contributed by atoms with Crippen molar-refractivity contribution in [1.29, 1.82) is 0 Å². The fourth-order valence-electron chi connectivity index (χ4n) is 4.02. The maximum atomic E-state index is 12.3. The molecule has 2 N–H and O–H groups in total. The van der Waals surface area contributed by atoms with Crippen LogP contribution in [0.25, 0.3) is 0 Å². The average Bonchev–Trinajstić information content (AvgIpc) is 2.91. The summed E-state index contributed by atoms with van der Waals surface area (Å²) in [5.41, 5.74) is 8.18. The summed E-state index contributed by atoms with van der Waals surface area (Å²) >= 11 is 5.93. The van der Waals surface area contributed by atoms with Crippen LogP contribution in [0.2, 0.25) is 5.02 Å². The third-order valence-electron chi connectivity index (χ3n) is 6.14. The van der Waals surface area contributed by atoms with Crippen molar-refractivity contribution in [3.63, 3.8) is 0 Å². The van der Waals surface area contributed by atoms with Gasteiger partial charge < -0.3 is 25.1 Å². The fraction of sp³-hybridized carbons (Fsp3) is 0.267. The number of fused-ring (bicyclic) bond motifs is 1. The second-order valence-electron chi connectivity index (χ2n) is 8.77. The Morgan fingerprint density at radius 2 is 1.55 bits per heavy atom. The van der Waals surface area contributed by atoms with Crippen molar-refractivity contribution < 1.29 is 19.2 Å². The minimum atomic E-state index is -0.528. The third-order valence-corrected chi connectivity index (χ3v) is 6.38. The summed E-state index contributed by atoms with van der Waals surface area (Å²) in [5.74, 6) is -0.351. The van der Waals surface area contributed by atoms with Crippen LogP contribution in [0.5, 0.6) is 0 Å². The van der Waals surface area contributed by atoms with Crippen LogP contribution >= 0.6 is 11.6 Å². The Kier molecular flexibility index (Phi) is 13.5. The number of para-hydroxylation sites is 2. The van der Waals surface area contributed by atoms with Gasteiger partial charge in [0.25, 0.3) is 0 Å². The number of nitrogens with zero attached hydrogens (tertiary/aromatic N) is 1. The number of benzene rings is 3. The zero-order valence-electron chi connectivity index (χ0n) is 22.6. The zero-order chi connectivity index (χ0) is 28.8. The summed E-state index contributed by atoms with van der Waals surface area (Å²) in [6.45, 7) is 13.0. The smallest absolute Gasteiger partial charge is 0.247 e. The van der Waals surface area contributed by atoms with Gasteiger partial charge in [0, 0.05) is 18.6 Å². The van der Waals surface area contributed by atoms with E-state index in [4.69, 9.17) is 21.2 Å². The first-order valence-electron chi connectivity index (χ1n) is 11.9. The number of anilines is 2. The van der Waals surface area contributed by atoms with Crippen LogP contribution in [0, 0.1) is 27.7 Å². The van der Waals surface area contributed by atoms with Gasteiger partial charge in [-0.15, -0.1) is 0 Å². The van der Waals surface area contributed by atoms with Crippen molar-refractivity contribution in [1.82, 2.24) is 5.32 Å². The normalized spacial score (nSPS) is 13.2. The Morgan fingerprint density at radius 1 is 0.947 bits per heavy atom. The molecule has 1 aliphatic heterocycles. The molecular formula is C30H36ClN3O4. The molecule has 0 spiro atoms. The summed E-state index contributed by atoms with van der Waals surface area (Å²) in [5, 5.41) is 6.31. The summed E-state index contributed by atoms with van der Waals surface area (Å²) in [6, 6.07) is 18.8. The Hall–Kier alpha value is -3.97. The fourth-order valence-corrected chi connectivity index (χ4v) is 4.24. The molecule has 38 heavy (non-hydrogen) atoms. The molecule has 0 fully saturated rings. The number of nitrogens with one attached hydrogen (secondary N) is 2. The molecule has 0 aromatic heterocycles. The number of rotatable bonds is 4. The second-order valence-corrected chi connectivity index (χ2v) is 9.20. The molecule has 4 rings (SSSR count). The minimum Gasteiger partial charge on any atom is -0.361 e. The first-order valence-corrected chi connectivity index (χ1v) is 12.3. The molecule has 202 valence electrons. The van der Waals surface area contributed by atoms with Gasteiger partial charge in [-0.25, -0.2) is 0 Å². The van der Waals surface area contributed by atoms with Crippen LogP contribution in [-0.2, 0) is 25.7 Å². The van der Waals surface area contributed by atoms with Gasteiger partial charge in [-0.1, -0.05) is 53.6 Å². The average molecular weight is 538 g/mol. The van der Waals surface area contributed by atoms with E-state index in [0.29, 0.717) is 11.6 Å². The van der Waals surface area contributed by atoms with E-state index in [1.54, 1.807) is 12.1 Å². The maximum Gasteiger partial charge on any atom is 0.247 e. The minimum absolute atomic E-state index is 0.0945. The van der Waals surface area contributed by atoms with Crippen molar-refractivity contribution in [3.05, 3.63) is 93.5 Å².